The minimum absolute atomic E-state index is 0.00151. The minimum atomic E-state index is -0.944. The van der Waals surface area contributed by atoms with Gasteiger partial charge in [0.05, 0.1) is 12.7 Å². The number of hydrogen-bond donors (Lipinski definition) is 5. The van der Waals surface area contributed by atoms with E-state index >= 15 is 0 Å². The molecule has 0 radical (unpaired) electrons. The molecule has 2 aromatic rings. The Labute approximate surface area is 397 Å². The molecular weight excluding hydrogens is 825 g/mol. The molecule has 10 atom stereocenters. The first kappa shape index (κ1) is 51.4. The molecule has 0 spiro atoms. The molecule has 5 N–H and O–H groups in total. The number of benzene rings is 2. The summed E-state index contributed by atoms with van der Waals surface area (Å²) in [7, 11) is 0. The van der Waals surface area contributed by atoms with Gasteiger partial charge < -0.3 is 31.1 Å². The number of anilines is 1. The third kappa shape index (κ3) is 13.4. The number of aliphatic hydroxyl groups excluding tert-OH is 1. The van der Waals surface area contributed by atoms with Gasteiger partial charge in [-0.2, -0.15) is 0 Å². The van der Waals surface area contributed by atoms with Crippen LogP contribution in [-0.4, -0.2) is 60.1 Å². The molecule has 2 aromatic carbocycles. The van der Waals surface area contributed by atoms with Crippen LogP contribution in [-0.2, 0) is 36.9 Å². The highest BCUT2D eigenvalue weighted by Crippen LogP contribution is 2.67. The summed E-state index contributed by atoms with van der Waals surface area (Å²) in [5, 5.41) is 20.9. The number of amides is 4. The van der Waals surface area contributed by atoms with Gasteiger partial charge in [0, 0.05) is 38.1 Å². The van der Waals surface area contributed by atoms with Crippen LogP contribution in [0.3, 0.4) is 0 Å². The SMILES string of the molecule is CCCC[C@H](NC(=O)[C@H](Cc1ccccc1)NC(=O)CCC(=O)NCCCO[C@H]1CC[C@@]2(C)C(=CC[C@H]3[C@@H]4CC[C@H]([C@H](C)CCCC(C)C)[C@@]4(C)CC[C@@H]32)C1)C(=O)Nc1ccc(CO)cc1. The molecule has 4 aliphatic carbocycles. The number of ether oxygens (including phenoxy) is 1. The average Bonchev–Trinajstić information content (AvgIpc) is 3.67. The highest BCUT2D eigenvalue weighted by atomic mass is 16.5. The van der Waals surface area contributed by atoms with Gasteiger partial charge in [0.15, 0.2) is 0 Å². The van der Waals surface area contributed by atoms with Gasteiger partial charge in [0.2, 0.25) is 23.6 Å². The normalized spacial score (nSPS) is 27.0. The Morgan fingerprint density at radius 1 is 0.773 bits per heavy atom. The molecule has 4 aliphatic rings. The number of fused-ring (bicyclic) bond motifs is 5. The zero-order chi connectivity index (χ0) is 47.3. The summed E-state index contributed by atoms with van der Waals surface area (Å²) < 4.78 is 6.46. The van der Waals surface area contributed by atoms with Crippen LogP contribution >= 0.6 is 0 Å². The molecule has 0 heterocycles. The molecule has 10 heteroatoms. The van der Waals surface area contributed by atoms with Crippen molar-refractivity contribution in [3.05, 3.63) is 77.4 Å². The molecule has 0 bridgehead atoms. The Balaban J connectivity index is 0.921. The van der Waals surface area contributed by atoms with Gasteiger partial charge in [0.1, 0.15) is 12.1 Å². The van der Waals surface area contributed by atoms with Crippen LogP contribution < -0.4 is 21.3 Å². The van der Waals surface area contributed by atoms with Gasteiger partial charge in [-0.1, -0.05) is 128 Å². The van der Waals surface area contributed by atoms with E-state index in [0.29, 0.717) is 42.5 Å². The Morgan fingerprint density at radius 2 is 1.53 bits per heavy atom. The zero-order valence-corrected chi connectivity index (χ0v) is 41.3. The van der Waals surface area contributed by atoms with E-state index in [1.165, 1.54) is 57.8 Å². The molecule has 6 rings (SSSR count). The number of carbonyl (C=O) groups excluding carboxylic acids is 4. The fourth-order valence-electron chi connectivity index (χ4n) is 12.9. The quantitative estimate of drug-likeness (QED) is 0.0524. The van der Waals surface area contributed by atoms with Crippen LogP contribution in [0.25, 0.3) is 0 Å². The molecule has 0 aliphatic heterocycles. The minimum Gasteiger partial charge on any atom is -0.392 e. The van der Waals surface area contributed by atoms with Crippen molar-refractivity contribution in [3.8, 4) is 0 Å². The first-order chi connectivity index (χ1) is 31.7. The van der Waals surface area contributed by atoms with Gasteiger partial charge in [-0.05, 0) is 134 Å². The van der Waals surface area contributed by atoms with Crippen LogP contribution in [0.15, 0.2) is 66.2 Å². The van der Waals surface area contributed by atoms with Crippen LogP contribution in [0.2, 0.25) is 0 Å². The van der Waals surface area contributed by atoms with E-state index < -0.39 is 23.9 Å². The first-order valence-electron chi connectivity index (χ1n) is 26.0. The molecule has 4 amide bonds. The fourth-order valence-corrected chi connectivity index (χ4v) is 12.9. The van der Waals surface area contributed by atoms with Crippen molar-refractivity contribution >= 4 is 29.3 Å². The second kappa shape index (κ2) is 24.3. The van der Waals surface area contributed by atoms with Gasteiger partial charge in [-0.3, -0.25) is 19.2 Å². The van der Waals surface area contributed by atoms with Crippen molar-refractivity contribution in [1.29, 1.82) is 0 Å². The molecule has 0 unspecified atom stereocenters. The van der Waals surface area contributed by atoms with E-state index in [1.807, 2.05) is 37.3 Å². The van der Waals surface area contributed by atoms with Gasteiger partial charge in [-0.15, -0.1) is 0 Å². The lowest BCUT2D eigenvalue weighted by Gasteiger charge is -2.58. The number of nitrogens with one attached hydrogen (secondary N) is 4. The monoisotopic (exact) mass is 909 g/mol. The smallest absolute Gasteiger partial charge is 0.246 e. The number of unbranched alkanes of at least 4 members (excludes halogenated alkanes) is 1. The van der Waals surface area contributed by atoms with Crippen LogP contribution in [0.5, 0.6) is 0 Å². The molecule has 0 aromatic heterocycles. The Bertz CT molecular complexity index is 1920. The fraction of sp³-hybridized carbons (Fsp3) is 0.679. The molecule has 3 fully saturated rings. The Hall–Kier alpha value is -4.02. The van der Waals surface area contributed by atoms with E-state index in [1.54, 1.807) is 29.8 Å². The second-order valence-corrected chi connectivity index (χ2v) is 21.6. The number of aliphatic hydroxyl groups is 1. The van der Waals surface area contributed by atoms with Crippen LogP contribution in [0.1, 0.15) is 162 Å². The maximum Gasteiger partial charge on any atom is 0.246 e. The molecule has 364 valence electrons. The molecule has 66 heavy (non-hydrogen) atoms. The van der Waals surface area contributed by atoms with Gasteiger partial charge >= 0.3 is 0 Å². The highest BCUT2D eigenvalue weighted by Gasteiger charge is 2.59. The number of carbonyl (C=O) groups is 4. The van der Waals surface area contributed by atoms with Crippen molar-refractivity contribution in [2.45, 2.75) is 182 Å². The summed E-state index contributed by atoms with van der Waals surface area (Å²) in [5.74, 6) is 3.55. The van der Waals surface area contributed by atoms with Gasteiger partial charge in [-0.25, -0.2) is 0 Å². The summed E-state index contributed by atoms with van der Waals surface area (Å²) in [6.07, 6.45) is 20.0. The highest BCUT2D eigenvalue weighted by molar-refractivity contribution is 5.98. The standard InChI is InChI=1S/C56H84N4O6/c1-7-8-18-49(53(64)58-43-22-19-41(37-61)20-23-43)60-54(65)50(35-40-16-10-9-11-17-40)59-52(63)28-27-51(62)57-33-13-34-66-44-29-31-55(5)42(36-44)21-24-45-47-26-25-46(39(4)15-12-14-38(2)3)56(47,6)32-30-48(45)55/h9-11,16-17,19-23,38-39,44-50,61H,7-8,12-15,18,24-37H2,1-6H3,(H,57,62)(H,58,64)(H,59,63)(H,60,65)/t39-,44+,45+,46-,47+,48+,49+,50+,55+,56-/m1/s1. The number of hydrogen-bond acceptors (Lipinski definition) is 6. The summed E-state index contributed by atoms with van der Waals surface area (Å²) in [5.41, 5.74) is 4.57. The molecule has 0 saturated heterocycles. The van der Waals surface area contributed by atoms with Crippen molar-refractivity contribution in [1.82, 2.24) is 16.0 Å². The van der Waals surface area contributed by atoms with E-state index in [9.17, 15) is 24.3 Å². The summed E-state index contributed by atoms with van der Waals surface area (Å²) in [6.45, 7) is 15.5. The van der Waals surface area contributed by atoms with Crippen LogP contribution in [0.4, 0.5) is 5.69 Å². The maximum atomic E-state index is 13.8. The summed E-state index contributed by atoms with van der Waals surface area (Å²) >= 11 is 0. The van der Waals surface area contributed by atoms with E-state index in [4.69, 9.17) is 4.74 Å². The zero-order valence-electron chi connectivity index (χ0n) is 41.3. The molecule has 3 saturated carbocycles. The summed E-state index contributed by atoms with van der Waals surface area (Å²) in [6, 6.07) is 14.5. The first-order valence-corrected chi connectivity index (χ1v) is 26.0. The summed E-state index contributed by atoms with van der Waals surface area (Å²) in [4.78, 5) is 53.3. The van der Waals surface area contributed by atoms with Gasteiger partial charge in [0.25, 0.3) is 0 Å². The predicted octanol–water partition coefficient (Wildman–Crippen LogP) is 10.2. The molecule has 10 nitrogen and oxygen atoms in total. The Morgan fingerprint density at radius 3 is 2.26 bits per heavy atom. The van der Waals surface area contributed by atoms with Crippen molar-refractivity contribution in [2.24, 2.45) is 46.3 Å². The molecular formula is C56H84N4O6. The number of rotatable bonds is 24. The topological polar surface area (TPSA) is 146 Å². The predicted molar refractivity (Wildman–Crippen MR) is 264 cm³/mol. The average molecular weight is 909 g/mol. The lowest BCUT2D eigenvalue weighted by molar-refractivity contribution is -0.131. The van der Waals surface area contributed by atoms with Crippen molar-refractivity contribution in [3.63, 3.8) is 0 Å². The number of allylic oxidation sites excluding steroid dienone is 1. The second-order valence-electron chi connectivity index (χ2n) is 21.6. The van der Waals surface area contributed by atoms with Crippen molar-refractivity contribution < 1.29 is 29.0 Å². The lowest BCUT2D eigenvalue weighted by Crippen LogP contribution is -2.53. The van der Waals surface area contributed by atoms with E-state index in [2.05, 4.69) is 62.0 Å². The Kier molecular flexibility index (Phi) is 18.9. The van der Waals surface area contributed by atoms with E-state index in [-0.39, 0.29) is 43.8 Å². The van der Waals surface area contributed by atoms with E-state index in [0.717, 1.165) is 72.3 Å². The third-order valence-corrected chi connectivity index (χ3v) is 16.7. The van der Waals surface area contributed by atoms with Crippen LogP contribution in [0, 0.1) is 46.3 Å². The largest absolute Gasteiger partial charge is 0.392 e. The third-order valence-electron chi connectivity index (χ3n) is 16.7. The van der Waals surface area contributed by atoms with Crippen molar-refractivity contribution in [2.75, 3.05) is 18.5 Å². The maximum absolute atomic E-state index is 13.8. The lowest BCUT2D eigenvalue weighted by atomic mass is 9.47.